The second-order valence-electron chi connectivity index (χ2n) is 7.25. The van der Waals surface area contributed by atoms with Crippen LogP contribution in [0.15, 0.2) is 36.7 Å². The fraction of sp³-hybridized carbons (Fsp3) is 0.333. The van der Waals surface area contributed by atoms with E-state index in [0.29, 0.717) is 22.3 Å². The number of benzene rings is 1. The lowest BCUT2D eigenvalue weighted by Gasteiger charge is -2.33. The van der Waals surface area contributed by atoms with Gasteiger partial charge in [0.1, 0.15) is 18.0 Å². The third kappa shape index (κ3) is 3.98. The van der Waals surface area contributed by atoms with Crippen molar-refractivity contribution in [1.82, 2.24) is 15.0 Å². The Morgan fingerprint density at radius 1 is 1.27 bits per heavy atom. The molecule has 1 N–H and O–H groups in total. The molecule has 1 aliphatic heterocycles. The average Bonchev–Trinajstić information content (AvgIpc) is 2.78. The highest BCUT2D eigenvalue weighted by Crippen LogP contribution is 2.26. The molecule has 0 atom stereocenters. The van der Waals surface area contributed by atoms with Crippen LogP contribution in [0.4, 0.5) is 17.3 Å². The van der Waals surface area contributed by atoms with Gasteiger partial charge in [-0.2, -0.15) is 5.26 Å². The molecule has 30 heavy (non-hydrogen) atoms. The number of nitro benzene ring substituents is 1. The van der Waals surface area contributed by atoms with Crippen molar-refractivity contribution in [3.63, 3.8) is 0 Å². The highest BCUT2D eigenvalue weighted by Gasteiger charge is 2.21. The van der Waals surface area contributed by atoms with Crippen LogP contribution in [0.3, 0.4) is 0 Å². The minimum Gasteiger partial charge on any atom is -0.367 e. The number of nitriles is 1. The predicted molar refractivity (Wildman–Crippen MR) is 113 cm³/mol. The van der Waals surface area contributed by atoms with Gasteiger partial charge in [0.2, 0.25) is 0 Å². The lowest BCUT2D eigenvalue weighted by Crippen LogP contribution is -2.39. The van der Waals surface area contributed by atoms with Crippen LogP contribution < -0.4 is 10.2 Å². The molecule has 1 aromatic carbocycles. The van der Waals surface area contributed by atoms with Gasteiger partial charge in [-0.25, -0.2) is 15.0 Å². The number of non-ortho nitro benzene ring substituents is 1. The first kappa shape index (κ1) is 19.5. The number of nitrogens with one attached hydrogen (secondary N) is 1. The number of piperidine rings is 1. The van der Waals surface area contributed by atoms with Gasteiger partial charge < -0.3 is 10.2 Å². The summed E-state index contributed by atoms with van der Waals surface area (Å²) in [6, 6.07) is 10.4. The van der Waals surface area contributed by atoms with E-state index >= 15 is 0 Å². The van der Waals surface area contributed by atoms with Crippen LogP contribution in [0, 0.1) is 21.4 Å². The van der Waals surface area contributed by atoms with E-state index in [2.05, 4.69) is 38.2 Å². The molecule has 0 aliphatic carbocycles. The fourth-order valence-electron chi connectivity index (χ4n) is 3.71. The standard InChI is InChI=1S/C21H21N7O2/c1-2-15-10-21(24-13-23-15)27-7-5-16(6-8-27)25-20-9-14(12-22)18-11-17(28(29)30)3-4-19(18)26-20/h3-4,9-11,13,16H,2,5-8H2,1H3,(H,25,26). The molecule has 0 radical (unpaired) electrons. The maximum absolute atomic E-state index is 11.0. The first-order valence-electron chi connectivity index (χ1n) is 9.89. The second-order valence-corrected chi connectivity index (χ2v) is 7.25. The van der Waals surface area contributed by atoms with Crippen molar-refractivity contribution < 1.29 is 4.92 Å². The Balaban J connectivity index is 1.48. The largest absolute Gasteiger partial charge is 0.367 e. The molecule has 9 nitrogen and oxygen atoms in total. The number of aryl methyl sites for hydroxylation is 1. The molecule has 3 heterocycles. The zero-order valence-electron chi connectivity index (χ0n) is 16.6. The van der Waals surface area contributed by atoms with Gasteiger partial charge in [0.15, 0.2) is 0 Å². The molecule has 9 heteroatoms. The number of rotatable bonds is 5. The Bertz CT molecular complexity index is 1130. The fourth-order valence-corrected chi connectivity index (χ4v) is 3.71. The zero-order valence-corrected chi connectivity index (χ0v) is 16.6. The summed E-state index contributed by atoms with van der Waals surface area (Å²) in [7, 11) is 0. The summed E-state index contributed by atoms with van der Waals surface area (Å²) in [4.78, 5) is 26.0. The van der Waals surface area contributed by atoms with Gasteiger partial charge in [0.25, 0.3) is 5.69 Å². The Kier molecular flexibility index (Phi) is 5.39. The molecule has 1 saturated heterocycles. The minimum absolute atomic E-state index is 0.0511. The SMILES string of the molecule is CCc1cc(N2CCC(Nc3cc(C#N)c4cc([N+](=O)[O-])ccc4n3)CC2)ncn1. The molecule has 0 spiro atoms. The molecular formula is C21H21N7O2. The Labute approximate surface area is 173 Å². The lowest BCUT2D eigenvalue weighted by atomic mass is 10.0. The van der Waals surface area contributed by atoms with Gasteiger partial charge in [0.05, 0.1) is 22.1 Å². The van der Waals surface area contributed by atoms with Gasteiger partial charge in [-0.05, 0) is 31.4 Å². The number of fused-ring (bicyclic) bond motifs is 1. The molecule has 1 fully saturated rings. The summed E-state index contributed by atoms with van der Waals surface area (Å²) in [6.07, 6.45) is 4.32. The van der Waals surface area contributed by atoms with E-state index < -0.39 is 4.92 Å². The Hall–Kier alpha value is -3.80. The molecule has 2 aromatic heterocycles. The highest BCUT2D eigenvalue weighted by molar-refractivity contribution is 5.88. The molecule has 0 saturated carbocycles. The van der Waals surface area contributed by atoms with E-state index in [1.165, 1.54) is 12.1 Å². The maximum atomic E-state index is 11.0. The second kappa shape index (κ2) is 8.29. The monoisotopic (exact) mass is 403 g/mol. The van der Waals surface area contributed by atoms with Crippen molar-refractivity contribution >= 4 is 28.2 Å². The number of nitrogens with zero attached hydrogens (tertiary/aromatic N) is 6. The van der Waals surface area contributed by atoms with Crippen LogP contribution in [-0.4, -0.2) is 39.0 Å². The zero-order chi connectivity index (χ0) is 21.1. The maximum Gasteiger partial charge on any atom is 0.270 e. The average molecular weight is 403 g/mol. The Morgan fingerprint density at radius 3 is 2.77 bits per heavy atom. The van der Waals surface area contributed by atoms with Crippen LogP contribution in [0.5, 0.6) is 0 Å². The molecular weight excluding hydrogens is 382 g/mol. The smallest absolute Gasteiger partial charge is 0.270 e. The van der Waals surface area contributed by atoms with E-state index in [9.17, 15) is 15.4 Å². The Morgan fingerprint density at radius 2 is 2.07 bits per heavy atom. The van der Waals surface area contributed by atoms with Crippen LogP contribution in [0.1, 0.15) is 31.0 Å². The van der Waals surface area contributed by atoms with Crippen molar-refractivity contribution in [3.8, 4) is 6.07 Å². The van der Waals surface area contributed by atoms with Crippen LogP contribution >= 0.6 is 0 Å². The minimum atomic E-state index is -0.471. The summed E-state index contributed by atoms with van der Waals surface area (Å²) in [5.74, 6) is 1.57. The first-order valence-corrected chi connectivity index (χ1v) is 9.89. The quantitative estimate of drug-likeness (QED) is 0.508. The summed E-state index contributed by atoms with van der Waals surface area (Å²) in [6.45, 7) is 3.80. The van der Waals surface area contributed by atoms with Crippen molar-refractivity contribution in [2.45, 2.75) is 32.2 Å². The van der Waals surface area contributed by atoms with Gasteiger partial charge in [-0.1, -0.05) is 6.92 Å². The molecule has 0 bridgehead atoms. The van der Waals surface area contributed by atoms with Crippen LogP contribution in [-0.2, 0) is 6.42 Å². The van der Waals surface area contributed by atoms with Crippen molar-refractivity contribution in [1.29, 1.82) is 5.26 Å². The molecule has 0 unspecified atom stereocenters. The van der Waals surface area contributed by atoms with E-state index in [0.717, 1.165) is 43.9 Å². The number of aromatic nitrogens is 3. The molecule has 3 aromatic rings. The molecule has 0 amide bonds. The van der Waals surface area contributed by atoms with Crippen molar-refractivity contribution in [2.75, 3.05) is 23.3 Å². The van der Waals surface area contributed by atoms with E-state index in [4.69, 9.17) is 0 Å². The topological polar surface area (TPSA) is 121 Å². The van der Waals surface area contributed by atoms with E-state index in [1.807, 2.05) is 6.07 Å². The summed E-state index contributed by atoms with van der Waals surface area (Å²) < 4.78 is 0. The number of hydrogen-bond acceptors (Lipinski definition) is 8. The van der Waals surface area contributed by atoms with Crippen molar-refractivity contribution in [3.05, 3.63) is 58.0 Å². The summed E-state index contributed by atoms with van der Waals surface area (Å²) in [5.41, 5.74) is 1.92. The number of pyridine rings is 1. The third-order valence-corrected chi connectivity index (χ3v) is 5.37. The molecule has 1 aliphatic rings. The van der Waals surface area contributed by atoms with Crippen molar-refractivity contribution in [2.24, 2.45) is 0 Å². The van der Waals surface area contributed by atoms with Crippen LogP contribution in [0.2, 0.25) is 0 Å². The van der Waals surface area contributed by atoms with Gasteiger partial charge in [0, 0.05) is 48.4 Å². The summed E-state index contributed by atoms with van der Waals surface area (Å²) >= 11 is 0. The van der Waals surface area contributed by atoms with Crippen LogP contribution in [0.25, 0.3) is 10.9 Å². The third-order valence-electron chi connectivity index (χ3n) is 5.37. The van der Waals surface area contributed by atoms with Gasteiger partial charge in [-0.3, -0.25) is 10.1 Å². The predicted octanol–water partition coefficient (Wildman–Crippen LogP) is 3.45. The number of nitro groups is 1. The van der Waals surface area contributed by atoms with E-state index in [-0.39, 0.29) is 11.7 Å². The molecule has 4 rings (SSSR count). The normalized spacial score (nSPS) is 14.5. The number of anilines is 2. The first-order chi connectivity index (χ1) is 14.6. The molecule has 152 valence electrons. The lowest BCUT2D eigenvalue weighted by molar-refractivity contribution is -0.384. The highest BCUT2D eigenvalue weighted by atomic mass is 16.6. The number of hydrogen-bond donors (Lipinski definition) is 1. The van der Waals surface area contributed by atoms with Gasteiger partial charge >= 0.3 is 0 Å². The van der Waals surface area contributed by atoms with Gasteiger partial charge in [-0.15, -0.1) is 0 Å². The van der Waals surface area contributed by atoms with E-state index in [1.54, 1.807) is 18.5 Å². The summed E-state index contributed by atoms with van der Waals surface area (Å²) in [5, 5.41) is 24.4.